The van der Waals surface area contributed by atoms with Gasteiger partial charge < -0.3 is 23.7 Å². The van der Waals surface area contributed by atoms with Crippen LogP contribution in [0.4, 0.5) is 0 Å². The fourth-order valence-electron chi connectivity index (χ4n) is 4.60. The van der Waals surface area contributed by atoms with E-state index in [0.29, 0.717) is 26.2 Å². The van der Waals surface area contributed by atoms with Gasteiger partial charge in [-0.05, 0) is 37.8 Å². The van der Waals surface area contributed by atoms with Gasteiger partial charge in [0, 0.05) is 39.1 Å². The highest BCUT2D eigenvalue weighted by Gasteiger charge is 2.27. The Morgan fingerprint density at radius 3 is 2.61 bits per heavy atom. The molecular weight excluding hydrogens is 418 g/mol. The van der Waals surface area contributed by atoms with Crippen LogP contribution in [0.2, 0.25) is 0 Å². The minimum Gasteiger partial charge on any atom is -0.381 e. The standard InChI is InChI=1S/C26H39N3O4/c1-20-18-28(2)26(27-20)22-10-8-9-21(17-22)13-15-33-16-14-24(30)29(19-25(31-3)32-4)23-11-6-5-7-12-23/h8-10,17-18,23,25H,5-7,11-16,19H2,1-4H3. The Morgan fingerprint density at radius 2 is 1.94 bits per heavy atom. The van der Waals surface area contributed by atoms with Crippen LogP contribution in [0, 0.1) is 6.92 Å². The summed E-state index contributed by atoms with van der Waals surface area (Å²) in [4.78, 5) is 19.6. The van der Waals surface area contributed by atoms with Crippen molar-refractivity contribution in [2.45, 2.75) is 64.2 Å². The number of hydrogen-bond acceptors (Lipinski definition) is 5. The number of carbonyl (C=O) groups is 1. The number of methoxy groups -OCH3 is 2. The van der Waals surface area contributed by atoms with Gasteiger partial charge in [0.2, 0.25) is 5.91 Å². The van der Waals surface area contributed by atoms with Crippen molar-refractivity contribution in [3.05, 3.63) is 41.7 Å². The zero-order chi connectivity index (χ0) is 23.6. The molecule has 1 saturated carbocycles. The van der Waals surface area contributed by atoms with Crippen molar-refractivity contribution in [1.29, 1.82) is 0 Å². The monoisotopic (exact) mass is 457 g/mol. The number of benzene rings is 1. The van der Waals surface area contributed by atoms with Gasteiger partial charge in [0.25, 0.3) is 0 Å². The summed E-state index contributed by atoms with van der Waals surface area (Å²) in [6, 6.07) is 8.68. The van der Waals surface area contributed by atoms with E-state index < -0.39 is 6.29 Å². The smallest absolute Gasteiger partial charge is 0.225 e. The maximum absolute atomic E-state index is 13.0. The molecular formula is C26H39N3O4. The molecule has 1 aliphatic rings. The molecule has 0 unspecified atom stereocenters. The fourth-order valence-corrected chi connectivity index (χ4v) is 4.60. The average Bonchev–Trinajstić information content (AvgIpc) is 3.18. The normalized spacial score (nSPS) is 14.7. The zero-order valence-corrected chi connectivity index (χ0v) is 20.6. The quantitative estimate of drug-likeness (QED) is 0.354. The van der Waals surface area contributed by atoms with E-state index in [-0.39, 0.29) is 11.9 Å². The molecule has 1 aromatic heterocycles. The summed E-state index contributed by atoms with van der Waals surface area (Å²) in [6.45, 7) is 3.47. The first-order valence-corrected chi connectivity index (χ1v) is 12.0. The van der Waals surface area contributed by atoms with Crippen molar-refractivity contribution < 1.29 is 19.0 Å². The van der Waals surface area contributed by atoms with E-state index in [2.05, 4.69) is 29.2 Å². The number of carbonyl (C=O) groups excluding carboxylic acids is 1. The lowest BCUT2D eigenvalue weighted by molar-refractivity contribution is -0.151. The molecule has 1 fully saturated rings. The largest absolute Gasteiger partial charge is 0.381 e. The van der Waals surface area contributed by atoms with E-state index in [1.54, 1.807) is 14.2 Å². The predicted octanol–water partition coefficient (Wildman–Crippen LogP) is 4.12. The molecule has 0 N–H and O–H groups in total. The van der Waals surface area contributed by atoms with Gasteiger partial charge >= 0.3 is 0 Å². The molecule has 1 amide bonds. The molecule has 7 heteroatoms. The zero-order valence-electron chi connectivity index (χ0n) is 20.6. The Labute approximate surface area is 198 Å². The molecule has 1 aliphatic carbocycles. The van der Waals surface area contributed by atoms with Crippen LogP contribution in [0.5, 0.6) is 0 Å². The molecule has 0 atom stereocenters. The third-order valence-corrected chi connectivity index (χ3v) is 6.38. The van der Waals surface area contributed by atoms with E-state index >= 15 is 0 Å². The molecule has 33 heavy (non-hydrogen) atoms. The van der Waals surface area contributed by atoms with Crippen molar-refractivity contribution in [3.8, 4) is 11.4 Å². The summed E-state index contributed by atoms with van der Waals surface area (Å²) in [5.74, 6) is 1.09. The SMILES string of the molecule is COC(CN(C(=O)CCOCCc1cccc(-c2nc(C)cn2C)c1)C1CCCCC1)OC. The Bertz CT molecular complexity index is 872. The van der Waals surface area contributed by atoms with Gasteiger partial charge in [0.05, 0.1) is 31.9 Å². The first-order valence-electron chi connectivity index (χ1n) is 12.0. The van der Waals surface area contributed by atoms with Gasteiger partial charge in [-0.25, -0.2) is 4.98 Å². The van der Waals surface area contributed by atoms with Crippen molar-refractivity contribution in [3.63, 3.8) is 0 Å². The summed E-state index contributed by atoms with van der Waals surface area (Å²) >= 11 is 0. The fraction of sp³-hybridized carbons (Fsp3) is 0.615. The Morgan fingerprint density at radius 1 is 1.18 bits per heavy atom. The van der Waals surface area contributed by atoms with E-state index in [4.69, 9.17) is 14.2 Å². The van der Waals surface area contributed by atoms with Crippen LogP contribution < -0.4 is 0 Å². The maximum atomic E-state index is 13.0. The Hall–Kier alpha value is -2.22. The van der Waals surface area contributed by atoms with E-state index in [1.807, 2.05) is 29.6 Å². The van der Waals surface area contributed by atoms with Crippen molar-refractivity contribution in [2.75, 3.05) is 34.0 Å². The van der Waals surface area contributed by atoms with Crippen LogP contribution in [0.25, 0.3) is 11.4 Å². The number of ether oxygens (including phenoxy) is 3. The molecule has 0 spiro atoms. The van der Waals surface area contributed by atoms with Crippen LogP contribution in [0.3, 0.4) is 0 Å². The third-order valence-electron chi connectivity index (χ3n) is 6.38. The number of aryl methyl sites for hydroxylation is 2. The summed E-state index contributed by atoms with van der Waals surface area (Å²) < 4.78 is 18.6. The number of hydrogen-bond donors (Lipinski definition) is 0. The van der Waals surface area contributed by atoms with Gasteiger partial charge in [0.1, 0.15) is 5.82 Å². The van der Waals surface area contributed by atoms with Gasteiger partial charge in [-0.2, -0.15) is 0 Å². The predicted molar refractivity (Wildman–Crippen MR) is 129 cm³/mol. The topological polar surface area (TPSA) is 65.8 Å². The second-order valence-electron chi connectivity index (χ2n) is 8.87. The molecule has 0 bridgehead atoms. The van der Waals surface area contributed by atoms with E-state index in [1.165, 1.54) is 24.8 Å². The molecule has 1 aromatic carbocycles. The van der Waals surface area contributed by atoms with Crippen LogP contribution in [-0.4, -0.2) is 66.7 Å². The summed E-state index contributed by atoms with van der Waals surface area (Å²) in [5.41, 5.74) is 3.31. The van der Waals surface area contributed by atoms with Gasteiger partial charge in [-0.3, -0.25) is 4.79 Å². The molecule has 0 aliphatic heterocycles. The molecule has 3 rings (SSSR count). The van der Waals surface area contributed by atoms with Crippen LogP contribution in [-0.2, 0) is 32.5 Å². The first-order chi connectivity index (χ1) is 16.0. The molecule has 1 heterocycles. The third kappa shape index (κ3) is 7.39. The molecule has 0 saturated heterocycles. The maximum Gasteiger partial charge on any atom is 0.225 e. The average molecular weight is 458 g/mol. The summed E-state index contributed by atoms with van der Waals surface area (Å²) in [6.07, 6.45) is 8.51. The molecule has 0 radical (unpaired) electrons. The minimum atomic E-state index is -0.397. The van der Waals surface area contributed by atoms with E-state index in [9.17, 15) is 4.79 Å². The lowest BCUT2D eigenvalue weighted by Gasteiger charge is -2.36. The lowest BCUT2D eigenvalue weighted by Crippen LogP contribution is -2.46. The second-order valence-corrected chi connectivity index (χ2v) is 8.87. The van der Waals surface area contributed by atoms with Gasteiger partial charge in [-0.15, -0.1) is 0 Å². The highest BCUT2D eigenvalue weighted by Crippen LogP contribution is 2.24. The molecule has 7 nitrogen and oxygen atoms in total. The second kappa shape index (κ2) is 12.9. The number of imidazole rings is 1. The number of amides is 1. The van der Waals surface area contributed by atoms with Gasteiger partial charge in [0.15, 0.2) is 6.29 Å². The van der Waals surface area contributed by atoms with Gasteiger partial charge in [-0.1, -0.05) is 37.5 Å². The summed E-state index contributed by atoms with van der Waals surface area (Å²) in [7, 11) is 5.25. The van der Waals surface area contributed by atoms with Crippen molar-refractivity contribution in [1.82, 2.24) is 14.5 Å². The number of rotatable bonds is 12. The minimum absolute atomic E-state index is 0.119. The van der Waals surface area contributed by atoms with Crippen molar-refractivity contribution in [2.24, 2.45) is 7.05 Å². The van der Waals surface area contributed by atoms with Crippen LogP contribution >= 0.6 is 0 Å². The highest BCUT2D eigenvalue weighted by atomic mass is 16.7. The van der Waals surface area contributed by atoms with E-state index in [0.717, 1.165) is 36.3 Å². The first kappa shape index (κ1) is 25.4. The number of nitrogens with zero attached hydrogens (tertiary/aromatic N) is 3. The summed E-state index contributed by atoms with van der Waals surface area (Å²) in [5, 5.41) is 0. The lowest BCUT2D eigenvalue weighted by atomic mass is 9.94. The Kier molecular flexibility index (Phi) is 9.91. The molecule has 182 valence electrons. The Balaban J connectivity index is 1.47. The highest BCUT2D eigenvalue weighted by molar-refractivity contribution is 5.76. The molecule has 2 aromatic rings. The number of aromatic nitrogens is 2. The van der Waals surface area contributed by atoms with Crippen LogP contribution in [0.1, 0.15) is 49.8 Å². The van der Waals surface area contributed by atoms with Crippen molar-refractivity contribution >= 4 is 5.91 Å². The van der Waals surface area contributed by atoms with Crippen LogP contribution in [0.15, 0.2) is 30.5 Å².